The van der Waals surface area contributed by atoms with Crippen LogP contribution >= 0.6 is 0 Å². The maximum atomic E-state index is 12.8. The third-order valence-electron chi connectivity index (χ3n) is 12.1. The molecule has 0 rings (SSSR count). The molecule has 0 saturated heterocycles. The minimum absolute atomic E-state index is 0.0731. The first-order valence-electron chi connectivity index (χ1n) is 27.5. The van der Waals surface area contributed by atoms with Crippen molar-refractivity contribution in [2.45, 2.75) is 297 Å². The zero-order valence-electron chi connectivity index (χ0n) is 42.1. The van der Waals surface area contributed by atoms with Crippen LogP contribution in [0.1, 0.15) is 290 Å². The lowest BCUT2D eigenvalue weighted by molar-refractivity contribution is -0.167. The molecular formula is C57H104O6. The van der Waals surface area contributed by atoms with Crippen LogP contribution < -0.4 is 0 Å². The average Bonchev–Trinajstić information content (AvgIpc) is 3.28. The predicted molar refractivity (Wildman–Crippen MR) is 270 cm³/mol. The fourth-order valence-electron chi connectivity index (χ4n) is 7.94. The van der Waals surface area contributed by atoms with Gasteiger partial charge in [0.25, 0.3) is 0 Å². The van der Waals surface area contributed by atoms with Crippen LogP contribution in [0.5, 0.6) is 0 Å². The van der Waals surface area contributed by atoms with Crippen molar-refractivity contribution in [2.75, 3.05) is 13.2 Å². The predicted octanol–water partition coefficient (Wildman–Crippen LogP) is 18.1. The van der Waals surface area contributed by atoms with E-state index in [2.05, 4.69) is 57.2 Å². The molecule has 0 aliphatic rings. The lowest BCUT2D eigenvalue weighted by atomic mass is 10.0. The molecule has 0 radical (unpaired) electrons. The summed E-state index contributed by atoms with van der Waals surface area (Å²) in [6.45, 7) is 6.62. The quantitative estimate of drug-likeness (QED) is 0.0262. The summed E-state index contributed by atoms with van der Waals surface area (Å²) in [5.41, 5.74) is 0. The van der Waals surface area contributed by atoms with E-state index in [0.29, 0.717) is 19.3 Å². The monoisotopic (exact) mass is 885 g/mol. The van der Waals surface area contributed by atoms with E-state index in [0.717, 1.165) is 70.6 Å². The highest BCUT2D eigenvalue weighted by atomic mass is 16.6. The Morgan fingerprint density at radius 1 is 0.317 bits per heavy atom. The molecule has 368 valence electrons. The second kappa shape index (κ2) is 52.3. The fraction of sp³-hybridized carbons (Fsp3) is 0.842. The number of allylic oxidation sites excluding steroid dienone is 6. The number of hydrogen-bond acceptors (Lipinski definition) is 6. The minimum atomic E-state index is -0.774. The van der Waals surface area contributed by atoms with Gasteiger partial charge in [-0.15, -0.1) is 0 Å². The molecular weight excluding hydrogens is 781 g/mol. The van der Waals surface area contributed by atoms with Crippen LogP contribution in [0, 0.1) is 0 Å². The zero-order valence-corrected chi connectivity index (χ0v) is 42.1. The number of carbonyl (C=O) groups is 3. The number of unbranched alkanes of at least 4 members (excludes halogenated alkanes) is 33. The fourth-order valence-corrected chi connectivity index (χ4v) is 7.94. The Balaban J connectivity index is 4.36. The second-order valence-electron chi connectivity index (χ2n) is 18.5. The van der Waals surface area contributed by atoms with Crippen molar-refractivity contribution in [1.29, 1.82) is 0 Å². The molecule has 0 N–H and O–H groups in total. The zero-order chi connectivity index (χ0) is 45.8. The Morgan fingerprint density at radius 3 is 0.937 bits per heavy atom. The van der Waals surface area contributed by atoms with Crippen molar-refractivity contribution in [3.8, 4) is 0 Å². The molecule has 0 aliphatic heterocycles. The number of ether oxygens (including phenoxy) is 3. The van der Waals surface area contributed by atoms with Crippen molar-refractivity contribution in [3.63, 3.8) is 0 Å². The summed E-state index contributed by atoms with van der Waals surface area (Å²) in [5, 5.41) is 0. The lowest BCUT2D eigenvalue weighted by Gasteiger charge is -2.18. The van der Waals surface area contributed by atoms with Gasteiger partial charge in [-0.3, -0.25) is 14.4 Å². The van der Waals surface area contributed by atoms with Crippen LogP contribution in [0.2, 0.25) is 0 Å². The highest BCUT2D eigenvalue weighted by Gasteiger charge is 2.19. The molecule has 0 aromatic heterocycles. The van der Waals surface area contributed by atoms with Crippen LogP contribution in [-0.4, -0.2) is 37.2 Å². The van der Waals surface area contributed by atoms with E-state index in [1.807, 2.05) is 0 Å². The molecule has 0 saturated carbocycles. The first-order valence-corrected chi connectivity index (χ1v) is 27.5. The second-order valence-corrected chi connectivity index (χ2v) is 18.5. The number of rotatable bonds is 50. The van der Waals surface area contributed by atoms with Crippen molar-refractivity contribution >= 4 is 17.9 Å². The van der Waals surface area contributed by atoms with Crippen LogP contribution in [0.3, 0.4) is 0 Å². The third kappa shape index (κ3) is 50.5. The molecule has 1 atom stereocenters. The molecule has 6 nitrogen and oxygen atoms in total. The number of carbonyl (C=O) groups excluding carboxylic acids is 3. The number of hydrogen-bond donors (Lipinski definition) is 0. The molecule has 0 bridgehead atoms. The molecule has 0 fully saturated rings. The molecule has 0 aromatic rings. The molecule has 0 spiro atoms. The summed E-state index contributed by atoms with van der Waals surface area (Å²) in [6.07, 6.45) is 61.2. The van der Waals surface area contributed by atoms with Gasteiger partial charge < -0.3 is 14.2 Å². The minimum Gasteiger partial charge on any atom is -0.462 e. The SMILES string of the molecule is CCCCC/C=C\C/C=C\CCCCCCCCCC(=O)OCC(COC(=O)CCCCCCCCCCCCCCC)OC(=O)CCCCCCCCC/C=C\CCCCCC. The normalized spacial score (nSPS) is 12.2. The summed E-state index contributed by atoms with van der Waals surface area (Å²) in [4.78, 5) is 38.0. The van der Waals surface area contributed by atoms with Crippen LogP contribution in [0.25, 0.3) is 0 Å². The highest BCUT2D eigenvalue weighted by molar-refractivity contribution is 5.71. The van der Waals surface area contributed by atoms with Crippen molar-refractivity contribution in [2.24, 2.45) is 0 Å². The van der Waals surface area contributed by atoms with E-state index >= 15 is 0 Å². The van der Waals surface area contributed by atoms with Crippen LogP contribution in [0.4, 0.5) is 0 Å². The molecule has 6 heteroatoms. The molecule has 0 amide bonds. The van der Waals surface area contributed by atoms with Gasteiger partial charge in [-0.1, -0.05) is 231 Å². The highest BCUT2D eigenvalue weighted by Crippen LogP contribution is 2.16. The summed E-state index contributed by atoms with van der Waals surface area (Å²) in [6, 6.07) is 0. The Morgan fingerprint density at radius 2 is 0.571 bits per heavy atom. The Bertz CT molecular complexity index is 1060. The molecule has 0 aromatic carbocycles. The Kier molecular flexibility index (Phi) is 50.3. The van der Waals surface area contributed by atoms with E-state index in [1.54, 1.807) is 0 Å². The first kappa shape index (κ1) is 60.6. The van der Waals surface area contributed by atoms with Gasteiger partial charge in [-0.2, -0.15) is 0 Å². The van der Waals surface area contributed by atoms with Gasteiger partial charge in [0.15, 0.2) is 6.10 Å². The lowest BCUT2D eigenvalue weighted by Crippen LogP contribution is -2.30. The van der Waals surface area contributed by atoms with Crippen LogP contribution in [0.15, 0.2) is 36.5 Å². The van der Waals surface area contributed by atoms with E-state index in [9.17, 15) is 14.4 Å². The van der Waals surface area contributed by atoms with Gasteiger partial charge in [0.2, 0.25) is 0 Å². The van der Waals surface area contributed by atoms with Gasteiger partial charge >= 0.3 is 17.9 Å². The third-order valence-corrected chi connectivity index (χ3v) is 12.1. The van der Waals surface area contributed by atoms with E-state index in [1.165, 1.54) is 180 Å². The topological polar surface area (TPSA) is 78.9 Å². The molecule has 63 heavy (non-hydrogen) atoms. The summed E-state index contributed by atoms with van der Waals surface area (Å²) in [7, 11) is 0. The van der Waals surface area contributed by atoms with Crippen molar-refractivity contribution in [1.82, 2.24) is 0 Å². The van der Waals surface area contributed by atoms with Gasteiger partial charge in [-0.05, 0) is 77.0 Å². The van der Waals surface area contributed by atoms with Crippen LogP contribution in [-0.2, 0) is 28.6 Å². The van der Waals surface area contributed by atoms with E-state index < -0.39 is 6.10 Å². The average molecular weight is 885 g/mol. The Hall–Kier alpha value is -2.37. The molecule has 1 unspecified atom stereocenters. The van der Waals surface area contributed by atoms with E-state index in [4.69, 9.17) is 14.2 Å². The van der Waals surface area contributed by atoms with Crippen molar-refractivity contribution in [3.05, 3.63) is 36.5 Å². The van der Waals surface area contributed by atoms with Gasteiger partial charge in [-0.25, -0.2) is 0 Å². The van der Waals surface area contributed by atoms with Gasteiger partial charge in [0, 0.05) is 19.3 Å². The Labute approximate surface area is 391 Å². The number of esters is 3. The van der Waals surface area contributed by atoms with Crippen molar-refractivity contribution < 1.29 is 28.6 Å². The summed E-state index contributed by atoms with van der Waals surface area (Å²) in [5.74, 6) is -0.872. The largest absolute Gasteiger partial charge is 0.462 e. The molecule has 0 aliphatic carbocycles. The first-order chi connectivity index (χ1) is 31.0. The summed E-state index contributed by atoms with van der Waals surface area (Å²) < 4.78 is 16.8. The van der Waals surface area contributed by atoms with Gasteiger partial charge in [0.1, 0.15) is 13.2 Å². The maximum Gasteiger partial charge on any atom is 0.306 e. The maximum absolute atomic E-state index is 12.8. The van der Waals surface area contributed by atoms with Gasteiger partial charge in [0.05, 0.1) is 0 Å². The molecule has 0 heterocycles. The van der Waals surface area contributed by atoms with E-state index in [-0.39, 0.29) is 31.1 Å². The smallest absolute Gasteiger partial charge is 0.306 e. The standard InChI is InChI=1S/C57H104O6/c1-4-7-10-13-16-19-22-25-27-28-30-32-35-38-41-44-47-50-56(59)62-53-54(52-61-55(58)49-46-43-40-37-34-31-24-21-18-15-12-9-6-3)63-57(60)51-48-45-42-39-36-33-29-26-23-20-17-14-11-8-5-2/h16,19-20,23,25,27,54H,4-15,17-18,21-22,24,26,28-53H2,1-3H3/b19-16-,23-20-,27-25-. The summed E-state index contributed by atoms with van der Waals surface area (Å²) >= 11 is 0.